The number of hydrogen-bond donors (Lipinski definition) is 1. The van der Waals surface area contributed by atoms with Gasteiger partial charge in [0, 0.05) is 31.1 Å². The Kier molecular flexibility index (Phi) is 3.28. The van der Waals surface area contributed by atoms with E-state index in [1.165, 1.54) is 0 Å². The first-order valence-electron chi connectivity index (χ1n) is 9.05. The van der Waals surface area contributed by atoms with Gasteiger partial charge >= 0.3 is 0 Å². The Bertz CT molecular complexity index is 914. The maximum atomic E-state index is 12.8. The number of rotatable bonds is 3. The van der Waals surface area contributed by atoms with Crippen LogP contribution in [0.1, 0.15) is 33.6 Å². The number of nitrogens with one attached hydrogen (secondary N) is 1. The molecule has 0 radical (unpaired) electrons. The second-order valence-corrected chi connectivity index (χ2v) is 7.62. The van der Waals surface area contributed by atoms with Gasteiger partial charge in [-0.1, -0.05) is 0 Å². The summed E-state index contributed by atoms with van der Waals surface area (Å²) in [6.45, 7) is 1.54. The van der Waals surface area contributed by atoms with Crippen LogP contribution in [0.25, 0.3) is 0 Å². The lowest BCUT2D eigenvalue weighted by Crippen LogP contribution is -2.54. The van der Waals surface area contributed by atoms with Gasteiger partial charge in [0.25, 0.3) is 11.8 Å². The van der Waals surface area contributed by atoms with Crippen LogP contribution in [0.3, 0.4) is 0 Å². The molecule has 0 bridgehead atoms. The number of aldehydes is 1. The Balaban J connectivity index is 1.40. The fraction of sp³-hybridized carbons (Fsp3) is 0.421. The van der Waals surface area contributed by atoms with Crippen LogP contribution in [0, 0.1) is 17.8 Å². The fourth-order valence-corrected chi connectivity index (χ4v) is 4.64. The van der Waals surface area contributed by atoms with Gasteiger partial charge in [-0.2, -0.15) is 0 Å². The second-order valence-electron chi connectivity index (χ2n) is 7.62. The summed E-state index contributed by atoms with van der Waals surface area (Å²) < 4.78 is 0. The average Bonchev–Trinajstić information content (AvgIpc) is 3.00. The summed E-state index contributed by atoms with van der Waals surface area (Å²) in [4.78, 5) is 63.0. The molecule has 8 heteroatoms. The smallest absolute Gasteiger partial charge is 0.262 e. The van der Waals surface area contributed by atoms with E-state index in [1.807, 2.05) is 0 Å². The monoisotopic (exact) mass is 367 g/mol. The van der Waals surface area contributed by atoms with Crippen LogP contribution in [-0.4, -0.2) is 53.9 Å². The van der Waals surface area contributed by atoms with Gasteiger partial charge < -0.3 is 9.69 Å². The second kappa shape index (κ2) is 5.48. The third-order valence-corrected chi connectivity index (χ3v) is 6.21. The van der Waals surface area contributed by atoms with E-state index >= 15 is 0 Å². The van der Waals surface area contributed by atoms with Crippen molar-refractivity contribution in [2.75, 3.05) is 18.0 Å². The van der Waals surface area contributed by atoms with Crippen LogP contribution >= 0.6 is 0 Å². The average molecular weight is 367 g/mol. The minimum absolute atomic E-state index is 0.101. The molecule has 3 heterocycles. The molecule has 1 N–H and O–H groups in total. The highest BCUT2D eigenvalue weighted by Crippen LogP contribution is 2.51. The Morgan fingerprint density at radius 3 is 2.37 bits per heavy atom. The Hall–Kier alpha value is -3.03. The third-order valence-electron chi connectivity index (χ3n) is 6.21. The number of anilines is 1. The number of hydrogen-bond acceptors (Lipinski definition) is 6. The Morgan fingerprint density at radius 2 is 1.70 bits per heavy atom. The molecular weight excluding hydrogens is 350 g/mol. The van der Waals surface area contributed by atoms with Crippen LogP contribution in [0.2, 0.25) is 0 Å². The molecule has 3 aliphatic heterocycles. The van der Waals surface area contributed by atoms with E-state index in [2.05, 4.69) is 10.2 Å². The lowest BCUT2D eigenvalue weighted by molar-refractivity contribution is -0.136. The van der Waals surface area contributed by atoms with Crippen molar-refractivity contribution in [3.63, 3.8) is 0 Å². The van der Waals surface area contributed by atoms with Crippen molar-refractivity contribution in [2.24, 2.45) is 17.8 Å². The SMILES string of the molecule is O=C[C@H]1[C@H]2CN(c3ccc4c(c3)C(=O)N(C3CCC(=O)NC3=O)C4=O)C[C@@H]12. The first kappa shape index (κ1) is 16.2. The number of imide groups is 2. The van der Waals surface area contributed by atoms with Gasteiger partial charge in [0.15, 0.2) is 0 Å². The molecule has 1 aliphatic carbocycles. The zero-order valence-corrected chi connectivity index (χ0v) is 14.4. The van der Waals surface area contributed by atoms with Crippen molar-refractivity contribution < 1.29 is 24.0 Å². The van der Waals surface area contributed by atoms with Gasteiger partial charge in [-0.15, -0.1) is 0 Å². The predicted molar refractivity (Wildman–Crippen MR) is 91.9 cm³/mol. The quantitative estimate of drug-likeness (QED) is 0.594. The fourth-order valence-electron chi connectivity index (χ4n) is 4.64. The van der Waals surface area contributed by atoms with E-state index in [4.69, 9.17) is 0 Å². The van der Waals surface area contributed by atoms with Crippen LogP contribution in [-0.2, 0) is 14.4 Å². The number of nitrogens with zero attached hydrogens (tertiary/aromatic N) is 2. The van der Waals surface area contributed by atoms with Crippen molar-refractivity contribution in [1.29, 1.82) is 0 Å². The molecule has 1 aromatic rings. The van der Waals surface area contributed by atoms with E-state index in [0.717, 1.165) is 30.0 Å². The standard InChI is InChI=1S/C19H17N3O5/c23-8-14-12-6-21(7-13(12)14)9-1-2-10-11(5-9)19(27)22(18(10)26)15-3-4-16(24)20-17(15)25/h1-2,5,8,12-15H,3-4,6-7H2,(H,20,24,25)/t12-,13+,14-,15?. The van der Waals surface area contributed by atoms with E-state index in [0.29, 0.717) is 11.8 Å². The maximum absolute atomic E-state index is 12.8. The van der Waals surface area contributed by atoms with Gasteiger partial charge in [-0.25, -0.2) is 0 Å². The summed E-state index contributed by atoms with van der Waals surface area (Å²) in [5.74, 6) is -1.08. The summed E-state index contributed by atoms with van der Waals surface area (Å²) in [6, 6.07) is 4.17. The summed E-state index contributed by atoms with van der Waals surface area (Å²) in [5, 5.41) is 2.19. The molecule has 1 saturated carbocycles. The van der Waals surface area contributed by atoms with Gasteiger partial charge in [0.2, 0.25) is 11.8 Å². The minimum Gasteiger partial charge on any atom is -0.371 e. The molecule has 27 heavy (non-hydrogen) atoms. The van der Waals surface area contributed by atoms with E-state index < -0.39 is 29.7 Å². The molecule has 5 rings (SSSR count). The van der Waals surface area contributed by atoms with E-state index in [1.54, 1.807) is 18.2 Å². The van der Waals surface area contributed by atoms with Crippen LogP contribution in [0.15, 0.2) is 18.2 Å². The molecule has 0 aromatic heterocycles. The zero-order chi connectivity index (χ0) is 18.9. The third kappa shape index (κ3) is 2.25. The van der Waals surface area contributed by atoms with E-state index in [-0.39, 0.29) is 29.9 Å². The molecule has 4 amide bonds. The van der Waals surface area contributed by atoms with Gasteiger partial charge in [-0.05, 0) is 36.5 Å². The summed E-state index contributed by atoms with van der Waals surface area (Å²) in [5.41, 5.74) is 1.41. The van der Waals surface area contributed by atoms with Gasteiger partial charge in [-0.3, -0.25) is 29.4 Å². The molecule has 1 unspecified atom stereocenters. The Labute approximate surface area is 154 Å². The molecule has 138 valence electrons. The molecule has 4 aliphatic rings. The number of benzene rings is 1. The number of piperidine rings is 2. The maximum Gasteiger partial charge on any atom is 0.262 e. The molecule has 2 saturated heterocycles. The highest BCUT2D eigenvalue weighted by atomic mass is 16.2. The minimum atomic E-state index is -0.952. The Morgan fingerprint density at radius 1 is 1.00 bits per heavy atom. The normalized spacial score (nSPS) is 31.7. The van der Waals surface area contributed by atoms with Gasteiger partial charge in [0.1, 0.15) is 12.3 Å². The van der Waals surface area contributed by atoms with Crippen molar-refractivity contribution in [3.8, 4) is 0 Å². The number of amides is 4. The molecule has 8 nitrogen and oxygen atoms in total. The van der Waals surface area contributed by atoms with Crippen molar-refractivity contribution >= 4 is 35.6 Å². The van der Waals surface area contributed by atoms with Crippen molar-refractivity contribution in [3.05, 3.63) is 29.3 Å². The molecule has 0 spiro atoms. The number of fused-ring (bicyclic) bond motifs is 2. The van der Waals surface area contributed by atoms with Crippen LogP contribution in [0.4, 0.5) is 5.69 Å². The van der Waals surface area contributed by atoms with Crippen LogP contribution < -0.4 is 10.2 Å². The van der Waals surface area contributed by atoms with Crippen LogP contribution in [0.5, 0.6) is 0 Å². The first-order chi connectivity index (χ1) is 13.0. The molecule has 3 fully saturated rings. The number of carbonyl (C=O) groups is 5. The molecule has 4 atom stereocenters. The summed E-state index contributed by atoms with van der Waals surface area (Å²) in [7, 11) is 0. The van der Waals surface area contributed by atoms with Crippen molar-refractivity contribution in [1.82, 2.24) is 10.2 Å². The lowest BCUT2D eigenvalue weighted by Gasteiger charge is -2.27. The summed E-state index contributed by atoms with van der Waals surface area (Å²) >= 11 is 0. The highest BCUT2D eigenvalue weighted by molar-refractivity contribution is 6.23. The lowest BCUT2D eigenvalue weighted by atomic mass is 10.0. The van der Waals surface area contributed by atoms with Crippen molar-refractivity contribution in [2.45, 2.75) is 18.9 Å². The highest BCUT2D eigenvalue weighted by Gasteiger charge is 2.55. The summed E-state index contributed by atoms with van der Waals surface area (Å²) in [6.07, 6.45) is 1.27. The topological polar surface area (TPSA) is 104 Å². The zero-order valence-electron chi connectivity index (χ0n) is 14.4. The number of carbonyl (C=O) groups excluding carboxylic acids is 5. The molecule has 1 aromatic carbocycles. The first-order valence-corrected chi connectivity index (χ1v) is 9.05. The molecular formula is C19H17N3O5. The predicted octanol–water partition coefficient (Wildman–Crippen LogP) is -0.0311. The largest absolute Gasteiger partial charge is 0.371 e. The van der Waals surface area contributed by atoms with E-state index in [9.17, 15) is 24.0 Å². The van der Waals surface area contributed by atoms with Gasteiger partial charge in [0.05, 0.1) is 11.1 Å².